The molecular formula is C17H18N2S. The van der Waals surface area contributed by atoms with E-state index in [1.165, 1.54) is 16.0 Å². The smallest absolute Gasteiger partial charge is 0.0991 e. The van der Waals surface area contributed by atoms with Gasteiger partial charge in [0.05, 0.1) is 11.6 Å². The van der Waals surface area contributed by atoms with Crippen LogP contribution in [0.5, 0.6) is 0 Å². The van der Waals surface area contributed by atoms with Crippen LogP contribution >= 0.6 is 11.8 Å². The van der Waals surface area contributed by atoms with E-state index in [-0.39, 0.29) is 0 Å². The van der Waals surface area contributed by atoms with Crippen LogP contribution in [0.3, 0.4) is 0 Å². The molecule has 0 fully saturated rings. The normalized spacial score (nSPS) is 11.8. The number of nitrogens with one attached hydrogen (secondary N) is 1. The second-order valence-corrected chi connectivity index (χ2v) is 5.73. The third-order valence-electron chi connectivity index (χ3n) is 3.30. The number of hydrogen-bond donors (Lipinski definition) is 1. The van der Waals surface area contributed by atoms with Gasteiger partial charge in [0, 0.05) is 16.7 Å². The Kier molecular flexibility index (Phi) is 5.23. The average molecular weight is 282 g/mol. The minimum atomic E-state index is 0.382. The van der Waals surface area contributed by atoms with Gasteiger partial charge < -0.3 is 5.32 Å². The Morgan fingerprint density at radius 3 is 2.30 bits per heavy atom. The highest BCUT2D eigenvalue weighted by Gasteiger charge is 2.02. The molecule has 1 N–H and O–H groups in total. The second-order valence-electron chi connectivity index (χ2n) is 4.68. The van der Waals surface area contributed by atoms with E-state index in [1.54, 1.807) is 0 Å². The van der Waals surface area contributed by atoms with Gasteiger partial charge in [0.1, 0.15) is 0 Å². The highest BCUT2D eigenvalue weighted by molar-refractivity contribution is 7.98. The lowest BCUT2D eigenvalue weighted by molar-refractivity contribution is 0.652. The molecule has 0 aliphatic rings. The largest absolute Gasteiger partial charge is 0.313 e. The van der Waals surface area contributed by atoms with Gasteiger partial charge in [-0.2, -0.15) is 5.26 Å². The van der Waals surface area contributed by atoms with Gasteiger partial charge in [-0.15, -0.1) is 11.8 Å². The zero-order valence-corrected chi connectivity index (χ0v) is 12.6. The SMILES string of the molecule is CNC(C)c1ccc(SCc2ccc(C#N)cc2)cc1. The number of nitriles is 1. The van der Waals surface area contributed by atoms with Crippen LogP contribution in [0, 0.1) is 11.3 Å². The molecule has 0 spiro atoms. The lowest BCUT2D eigenvalue weighted by Gasteiger charge is -2.11. The summed E-state index contributed by atoms with van der Waals surface area (Å²) in [6.07, 6.45) is 0. The second kappa shape index (κ2) is 7.14. The number of thioether (sulfide) groups is 1. The molecule has 0 radical (unpaired) electrons. The maximum absolute atomic E-state index is 8.77. The highest BCUT2D eigenvalue weighted by Crippen LogP contribution is 2.24. The van der Waals surface area contributed by atoms with E-state index >= 15 is 0 Å². The van der Waals surface area contributed by atoms with Crippen molar-refractivity contribution in [1.82, 2.24) is 5.32 Å². The van der Waals surface area contributed by atoms with Crippen molar-refractivity contribution in [2.45, 2.75) is 23.6 Å². The molecule has 0 amide bonds. The number of benzene rings is 2. The van der Waals surface area contributed by atoms with E-state index in [1.807, 2.05) is 43.1 Å². The van der Waals surface area contributed by atoms with Crippen LogP contribution in [0.4, 0.5) is 0 Å². The van der Waals surface area contributed by atoms with Crippen LogP contribution in [0.25, 0.3) is 0 Å². The van der Waals surface area contributed by atoms with E-state index in [0.29, 0.717) is 11.6 Å². The molecule has 0 aliphatic heterocycles. The first-order valence-electron chi connectivity index (χ1n) is 6.62. The van der Waals surface area contributed by atoms with Crippen molar-refractivity contribution >= 4 is 11.8 Å². The van der Waals surface area contributed by atoms with Gasteiger partial charge in [0.25, 0.3) is 0 Å². The Morgan fingerprint density at radius 2 is 1.75 bits per heavy atom. The van der Waals surface area contributed by atoms with Crippen LogP contribution in [0.2, 0.25) is 0 Å². The molecule has 2 aromatic rings. The van der Waals surface area contributed by atoms with Crippen molar-refractivity contribution in [1.29, 1.82) is 5.26 Å². The minimum absolute atomic E-state index is 0.382. The lowest BCUT2D eigenvalue weighted by Crippen LogP contribution is -2.11. The van der Waals surface area contributed by atoms with Crippen LogP contribution in [-0.4, -0.2) is 7.05 Å². The fourth-order valence-electron chi connectivity index (χ4n) is 1.86. The Labute approximate surface area is 124 Å². The van der Waals surface area contributed by atoms with Crippen LogP contribution in [-0.2, 0) is 5.75 Å². The van der Waals surface area contributed by atoms with Gasteiger partial charge in [0.15, 0.2) is 0 Å². The van der Waals surface area contributed by atoms with Crippen molar-refractivity contribution in [2.24, 2.45) is 0 Å². The first kappa shape index (κ1) is 14.6. The predicted molar refractivity (Wildman–Crippen MR) is 84.6 cm³/mol. The summed E-state index contributed by atoms with van der Waals surface area (Å²) in [6.45, 7) is 2.15. The fourth-order valence-corrected chi connectivity index (χ4v) is 2.72. The number of hydrogen-bond acceptors (Lipinski definition) is 3. The molecule has 3 heteroatoms. The first-order valence-corrected chi connectivity index (χ1v) is 7.60. The molecular weight excluding hydrogens is 264 g/mol. The van der Waals surface area contributed by atoms with Crippen LogP contribution < -0.4 is 5.32 Å². The molecule has 2 rings (SSSR count). The predicted octanol–water partition coefficient (Wildman–Crippen LogP) is 4.13. The van der Waals surface area contributed by atoms with Crippen molar-refractivity contribution in [2.75, 3.05) is 7.05 Å². The Bertz CT molecular complexity index is 582. The van der Waals surface area contributed by atoms with Crippen molar-refractivity contribution < 1.29 is 0 Å². The quantitative estimate of drug-likeness (QED) is 0.838. The molecule has 1 atom stereocenters. The minimum Gasteiger partial charge on any atom is -0.313 e. The summed E-state index contributed by atoms with van der Waals surface area (Å²) >= 11 is 1.81. The van der Waals surface area contributed by atoms with Gasteiger partial charge in [-0.05, 0) is 49.4 Å². The topological polar surface area (TPSA) is 35.8 Å². The van der Waals surface area contributed by atoms with Gasteiger partial charge in [-0.1, -0.05) is 24.3 Å². The lowest BCUT2D eigenvalue weighted by atomic mass is 10.1. The third kappa shape index (κ3) is 3.86. The monoisotopic (exact) mass is 282 g/mol. The Hall–Kier alpha value is -1.76. The zero-order valence-electron chi connectivity index (χ0n) is 11.8. The molecule has 0 saturated carbocycles. The summed E-state index contributed by atoms with van der Waals surface area (Å²) in [7, 11) is 1.97. The summed E-state index contributed by atoms with van der Waals surface area (Å²) in [4.78, 5) is 1.27. The molecule has 0 bridgehead atoms. The molecule has 1 unspecified atom stereocenters. The summed E-state index contributed by atoms with van der Waals surface area (Å²) < 4.78 is 0. The summed E-state index contributed by atoms with van der Waals surface area (Å²) in [5.41, 5.74) is 3.25. The maximum atomic E-state index is 8.77. The molecule has 0 aromatic heterocycles. The van der Waals surface area contributed by atoms with E-state index in [0.717, 1.165) is 5.75 Å². The van der Waals surface area contributed by atoms with Crippen molar-refractivity contribution in [3.63, 3.8) is 0 Å². The number of nitrogens with zero attached hydrogens (tertiary/aromatic N) is 1. The summed E-state index contributed by atoms with van der Waals surface area (Å²) in [5, 5.41) is 12.0. The standard InChI is InChI=1S/C17H18N2S/c1-13(19-2)16-7-9-17(10-8-16)20-12-15-5-3-14(11-18)4-6-15/h3-10,13,19H,12H2,1-2H3. The Morgan fingerprint density at radius 1 is 1.10 bits per heavy atom. The molecule has 0 saturated heterocycles. The Balaban J connectivity index is 1.95. The van der Waals surface area contributed by atoms with Gasteiger partial charge in [0.2, 0.25) is 0 Å². The molecule has 0 heterocycles. The highest BCUT2D eigenvalue weighted by atomic mass is 32.2. The van der Waals surface area contributed by atoms with E-state index in [2.05, 4.69) is 42.6 Å². The van der Waals surface area contributed by atoms with Gasteiger partial charge >= 0.3 is 0 Å². The van der Waals surface area contributed by atoms with Crippen LogP contribution in [0.1, 0.15) is 29.7 Å². The fraction of sp³-hybridized carbons (Fsp3) is 0.235. The van der Waals surface area contributed by atoms with Gasteiger partial charge in [-0.25, -0.2) is 0 Å². The average Bonchev–Trinajstić information content (AvgIpc) is 2.53. The van der Waals surface area contributed by atoms with Gasteiger partial charge in [-0.3, -0.25) is 0 Å². The van der Waals surface area contributed by atoms with Crippen molar-refractivity contribution in [3.8, 4) is 6.07 Å². The molecule has 0 aliphatic carbocycles. The molecule has 2 aromatic carbocycles. The molecule has 102 valence electrons. The summed E-state index contributed by atoms with van der Waals surface area (Å²) in [6, 6.07) is 19.0. The molecule has 2 nitrogen and oxygen atoms in total. The van der Waals surface area contributed by atoms with Crippen molar-refractivity contribution in [3.05, 3.63) is 65.2 Å². The van der Waals surface area contributed by atoms with E-state index in [4.69, 9.17) is 5.26 Å². The van der Waals surface area contributed by atoms with E-state index in [9.17, 15) is 0 Å². The number of rotatable bonds is 5. The first-order chi connectivity index (χ1) is 9.72. The zero-order chi connectivity index (χ0) is 14.4. The molecule has 20 heavy (non-hydrogen) atoms. The third-order valence-corrected chi connectivity index (χ3v) is 4.38. The summed E-state index contributed by atoms with van der Waals surface area (Å²) in [5.74, 6) is 0.923. The van der Waals surface area contributed by atoms with E-state index < -0.39 is 0 Å². The van der Waals surface area contributed by atoms with Crippen LogP contribution in [0.15, 0.2) is 53.4 Å². The maximum Gasteiger partial charge on any atom is 0.0991 e.